The smallest absolute Gasteiger partial charge is 0.306 e. The van der Waals surface area contributed by atoms with E-state index in [9.17, 15) is 14.4 Å². The van der Waals surface area contributed by atoms with Crippen LogP contribution in [0.15, 0.2) is 0 Å². The van der Waals surface area contributed by atoms with Crippen LogP contribution in [0.2, 0.25) is 0 Å². The molecule has 0 N–H and O–H groups in total. The van der Waals surface area contributed by atoms with Crippen LogP contribution >= 0.6 is 0 Å². The highest BCUT2D eigenvalue weighted by Gasteiger charge is 2.19. The zero-order chi connectivity index (χ0) is 48.8. The molecule has 0 aromatic rings. The number of ether oxygens (including phenoxy) is 3. The van der Waals surface area contributed by atoms with Gasteiger partial charge in [0.2, 0.25) is 0 Å². The first-order valence-electron chi connectivity index (χ1n) is 30.4. The standard InChI is InChI=1S/C61H118O6/c1-5-7-9-11-13-15-17-18-19-20-24-27-30-33-37-41-45-49-53-60(63)66-56-58(55-65-59(62)52-48-44-40-36-16-14-12-10-8-6-2)67-61(64)54-50-46-42-38-34-31-28-25-22-21-23-26-29-32-35-39-43-47-51-57(3)4/h57-58H,5-56H2,1-4H3/t58-/m1/s1. The van der Waals surface area contributed by atoms with Crippen molar-refractivity contribution < 1.29 is 28.6 Å². The third-order valence-corrected chi connectivity index (χ3v) is 14.0. The van der Waals surface area contributed by atoms with Crippen LogP contribution in [0, 0.1) is 5.92 Å². The predicted molar refractivity (Wildman–Crippen MR) is 289 cm³/mol. The van der Waals surface area contributed by atoms with Crippen molar-refractivity contribution in [2.45, 2.75) is 355 Å². The SMILES string of the molecule is CCCCCCCCCCCCCCCCCCCCC(=O)OC[C@@H](COC(=O)CCCCCCCCCCCC)OC(=O)CCCCCCCCCCCCCCCCCCCCC(C)C. The van der Waals surface area contributed by atoms with Crippen LogP contribution in [-0.4, -0.2) is 37.2 Å². The van der Waals surface area contributed by atoms with Crippen molar-refractivity contribution in [2.24, 2.45) is 5.92 Å². The molecule has 0 saturated carbocycles. The third-order valence-electron chi connectivity index (χ3n) is 14.0. The Morgan fingerprint density at radius 3 is 0.731 bits per heavy atom. The lowest BCUT2D eigenvalue weighted by molar-refractivity contribution is -0.167. The molecule has 0 spiro atoms. The molecule has 0 aromatic heterocycles. The molecule has 0 unspecified atom stereocenters. The summed E-state index contributed by atoms with van der Waals surface area (Å²) < 4.78 is 16.9. The summed E-state index contributed by atoms with van der Waals surface area (Å²) in [6, 6.07) is 0. The van der Waals surface area contributed by atoms with Crippen LogP contribution in [0.25, 0.3) is 0 Å². The molecule has 0 aliphatic rings. The zero-order valence-electron chi connectivity index (χ0n) is 45.9. The number of hydrogen-bond acceptors (Lipinski definition) is 6. The van der Waals surface area contributed by atoms with Gasteiger partial charge in [-0.25, -0.2) is 0 Å². The first-order chi connectivity index (χ1) is 32.9. The molecule has 6 nitrogen and oxygen atoms in total. The molecule has 0 heterocycles. The summed E-state index contributed by atoms with van der Waals surface area (Å²) in [5.41, 5.74) is 0. The molecule has 0 rings (SSSR count). The summed E-state index contributed by atoms with van der Waals surface area (Å²) in [7, 11) is 0. The van der Waals surface area contributed by atoms with Gasteiger partial charge >= 0.3 is 17.9 Å². The minimum Gasteiger partial charge on any atom is -0.462 e. The second kappa shape index (κ2) is 55.3. The van der Waals surface area contributed by atoms with E-state index in [0.29, 0.717) is 19.3 Å². The highest BCUT2D eigenvalue weighted by Crippen LogP contribution is 2.18. The first-order valence-corrected chi connectivity index (χ1v) is 30.4. The molecule has 0 aromatic carbocycles. The fraction of sp³-hybridized carbons (Fsp3) is 0.951. The van der Waals surface area contributed by atoms with E-state index in [0.717, 1.165) is 63.7 Å². The Balaban J connectivity index is 4.20. The van der Waals surface area contributed by atoms with Gasteiger partial charge in [0.05, 0.1) is 0 Å². The van der Waals surface area contributed by atoms with Crippen LogP contribution in [-0.2, 0) is 28.6 Å². The Morgan fingerprint density at radius 2 is 0.493 bits per heavy atom. The largest absolute Gasteiger partial charge is 0.462 e. The molecule has 0 radical (unpaired) electrons. The summed E-state index contributed by atoms with van der Waals surface area (Å²) in [6.07, 6.45) is 61.1. The van der Waals surface area contributed by atoms with Gasteiger partial charge in [-0.15, -0.1) is 0 Å². The van der Waals surface area contributed by atoms with Crippen LogP contribution in [0.4, 0.5) is 0 Å². The summed E-state index contributed by atoms with van der Waals surface area (Å²) in [5, 5.41) is 0. The second-order valence-corrected chi connectivity index (χ2v) is 21.5. The third kappa shape index (κ3) is 55.2. The quantitative estimate of drug-likeness (QED) is 0.0343. The summed E-state index contributed by atoms with van der Waals surface area (Å²) in [6.45, 7) is 9.07. The van der Waals surface area contributed by atoms with Gasteiger partial charge in [-0.05, 0) is 25.2 Å². The van der Waals surface area contributed by atoms with Gasteiger partial charge in [0.25, 0.3) is 0 Å². The van der Waals surface area contributed by atoms with Gasteiger partial charge in [0.1, 0.15) is 13.2 Å². The molecule has 398 valence electrons. The molecule has 0 saturated heterocycles. The highest BCUT2D eigenvalue weighted by atomic mass is 16.6. The Labute approximate surface area is 418 Å². The van der Waals surface area contributed by atoms with Gasteiger partial charge in [0.15, 0.2) is 6.10 Å². The maximum Gasteiger partial charge on any atom is 0.306 e. The lowest BCUT2D eigenvalue weighted by Crippen LogP contribution is -2.30. The van der Waals surface area contributed by atoms with E-state index in [1.807, 2.05) is 0 Å². The lowest BCUT2D eigenvalue weighted by atomic mass is 10.0. The number of rotatable bonds is 56. The van der Waals surface area contributed by atoms with E-state index in [1.54, 1.807) is 0 Å². The Kier molecular flexibility index (Phi) is 54.0. The van der Waals surface area contributed by atoms with Crippen molar-refractivity contribution in [2.75, 3.05) is 13.2 Å². The van der Waals surface area contributed by atoms with Crippen molar-refractivity contribution in [1.29, 1.82) is 0 Å². The fourth-order valence-corrected chi connectivity index (χ4v) is 9.46. The number of carbonyl (C=O) groups excluding carboxylic acids is 3. The summed E-state index contributed by atoms with van der Waals surface area (Å²) >= 11 is 0. The number of esters is 3. The molecule has 67 heavy (non-hydrogen) atoms. The Hall–Kier alpha value is -1.59. The van der Waals surface area contributed by atoms with E-state index >= 15 is 0 Å². The minimum absolute atomic E-state index is 0.0616. The van der Waals surface area contributed by atoms with Gasteiger partial charge < -0.3 is 14.2 Å². The van der Waals surface area contributed by atoms with Crippen LogP contribution in [0.1, 0.15) is 349 Å². The van der Waals surface area contributed by atoms with Crippen molar-refractivity contribution >= 4 is 17.9 Å². The minimum atomic E-state index is -0.761. The number of unbranched alkanes of at least 4 members (excludes halogenated alkanes) is 43. The first kappa shape index (κ1) is 65.4. The van der Waals surface area contributed by atoms with Gasteiger partial charge in [-0.2, -0.15) is 0 Å². The monoisotopic (exact) mass is 947 g/mol. The average molecular weight is 948 g/mol. The van der Waals surface area contributed by atoms with Crippen molar-refractivity contribution in [3.05, 3.63) is 0 Å². The normalized spacial score (nSPS) is 12.0. The molecular weight excluding hydrogens is 829 g/mol. The zero-order valence-corrected chi connectivity index (χ0v) is 45.9. The lowest BCUT2D eigenvalue weighted by Gasteiger charge is -2.18. The van der Waals surface area contributed by atoms with Crippen LogP contribution in [0.5, 0.6) is 0 Å². The van der Waals surface area contributed by atoms with Gasteiger partial charge in [-0.1, -0.05) is 310 Å². The van der Waals surface area contributed by atoms with E-state index in [4.69, 9.17) is 14.2 Å². The summed E-state index contributed by atoms with van der Waals surface area (Å²) in [5.74, 6) is 0.0243. The highest BCUT2D eigenvalue weighted by molar-refractivity contribution is 5.71. The molecule has 0 fully saturated rings. The number of hydrogen-bond donors (Lipinski definition) is 0. The Bertz CT molecular complexity index is 1010. The Morgan fingerprint density at radius 1 is 0.284 bits per heavy atom. The van der Waals surface area contributed by atoms with E-state index in [2.05, 4.69) is 27.7 Å². The molecular formula is C61H118O6. The topological polar surface area (TPSA) is 78.9 Å². The van der Waals surface area contributed by atoms with Crippen LogP contribution < -0.4 is 0 Å². The van der Waals surface area contributed by atoms with Crippen molar-refractivity contribution in [3.63, 3.8) is 0 Å². The molecule has 0 bridgehead atoms. The second-order valence-electron chi connectivity index (χ2n) is 21.5. The number of carbonyl (C=O) groups is 3. The molecule has 0 aliphatic carbocycles. The summed E-state index contributed by atoms with van der Waals surface area (Å²) in [4.78, 5) is 38.1. The van der Waals surface area contributed by atoms with Crippen LogP contribution in [0.3, 0.4) is 0 Å². The maximum absolute atomic E-state index is 12.9. The molecule has 0 amide bonds. The van der Waals surface area contributed by atoms with E-state index in [1.165, 1.54) is 244 Å². The molecule has 6 heteroatoms. The van der Waals surface area contributed by atoms with Crippen molar-refractivity contribution in [3.8, 4) is 0 Å². The molecule has 0 aliphatic heterocycles. The average Bonchev–Trinajstić information content (AvgIpc) is 3.31. The van der Waals surface area contributed by atoms with Gasteiger partial charge in [-0.3, -0.25) is 14.4 Å². The maximum atomic E-state index is 12.9. The van der Waals surface area contributed by atoms with E-state index < -0.39 is 6.10 Å². The van der Waals surface area contributed by atoms with E-state index in [-0.39, 0.29) is 31.1 Å². The molecule has 1 atom stereocenters. The fourth-order valence-electron chi connectivity index (χ4n) is 9.46. The van der Waals surface area contributed by atoms with Gasteiger partial charge in [0, 0.05) is 19.3 Å². The van der Waals surface area contributed by atoms with Crippen molar-refractivity contribution in [1.82, 2.24) is 0 Å². The predicted octanol–water partition coefficient (Wildman–Crippen LogP) is 20.2.